The Morgan fingerprint density at radius 2 is 2.29 bits per heavy atom. The number of halogens is 1. The smallest absolute Gasteiger partial charge is 0.293 e. The van der Waals surface area contributed by atoms with E-state index in [2.05, 4.69) is 34.4 Å². The van der Waals surface area contributed by atoms with Crippen LogP contribution in [0.1, 0.15) is 6.92 Å². The monoisotopic (exact) mass is 318 g/mol. The third kappa shape index (κ3) is 4.55. The molecule has 4 nitrogen and oxygen atoms in total. The van der Waals surface area contributed by atoms with E-state index in [1.54, 1.807) is 23.9 Å². The highest BCUT2D eigenvalue weighted by atomic mass is 79.9. The van der Waals surface area contributed by atoms with Crippen LogP contribution in [0.5, 0.6) is 0 Å². The molecular weight excluding hydrogens is 304 g/mol. The van der Waals surface area contributed by atoms with Gasteiger partial charge in [0.05, 0.1) is 4.92 Å². The SMILES string of the molecule is CSCC(C)CNc1ccc(Br)cc1[N+](=O)[O-]. The van der Waals surface area contributed by atoms with Gasteiger partial charge in [-0.05, 0) is 30.1 Å². The van der Waals surface area contributed by atoms with Crippen molar-refractivity contribution in [3.63, 3.8) is 0 Å². The van der Waals surface area contributed by atoms with E-state index < -0.39 is 0 Å². The number of nitro benzene ring substituents is 1. The van der Waals surface area contributed by atoms with E-state index >= 15 is 0 Å². The molecular formula is C11H15BrN2O2S. The first-order valence-corrected chi connectivity index (χ1v) is 7.40. The maximum atomic E-state index is 10.9. The molecule has 1 rings (SSSR count). The largest absolute Gasteiger partial charge is 0.379 e. The molecule has 0 radical (unpaired) electrons. The number of hydrogen-bond donors (Lipinski definition) is 1. The first-order chi connectivity index (χ1) is 8.04. The topological polar surface area (TPSA) is 55.2 Å². The van der Waals surface area contributed by atoms with Crippen LogP contribution in [0.15, 0.2) is 22.7 Å². The third-order valence-electron chi connectivity index (χ3n) is 2.25. The molecule has 17 heavy (non-hydrogen) atoms. The fraction of sp³-hybridized carbons (Fsp3) is 0.455. The fourth-order valence-corrected chi connectivity index (χ4v) is 2.47. The molecule has 6 heteroatoms. The minimum atomic E-state index is -0.369. The molecule has 0 saturated heterocycles. The van der Waals surface area contributed by atoms with E-state index in [4.69, 9.17) is 0 Å². The van der Waals surface area contributed by atoms with E-state index in [1.165, 1.54) is 6.07 Å². The second-order valence-corrected chi connectivity index (χ2v) is 5.69. The molecule has 0 fully saturated rings. The summed E-state index contributed by atoms with van der Waals surface area (Å²) in [6, 6.07) is 5.05. The van der Waals surface area contributed by atoms with Crippen LogP contribution in [0.25, 0.3) is 0 Å². The van der Waals surface area contributed by atoms with Crippen LogP contribution in [0, 0.1) is 16.0 Å². The third-order valence-corrected chi connectivity index (χ3v) is 3.64. The molecule has 0 bridgehead atoms. The zero-order chi connectivity index (χ0) is 12.8. The second-order valence-electron chi connectivity index (χ2n) is 3.86. The van der Waals surface area contributed by atoms with Crippen LogP contribution >= 0.6 is 27.7 Å². The molecule has 1 aromatic rings. The first kappa shape index (κ1) is 14.3. The highest BCUT2D eigenvalue weighted by molar-refractivity contribution is 9.10. The quantitative estimate of drug-likeness (QED) is 0.640. The number of nitrogens with zero attached hydrogens (tertiary/aromatic N) is 1. The van der Waals surface area contributed by atoms with E-state index in [9.17, 15) is 10.1 Å². The lowest BCUT2D eigenvalue weighted by atomic mass is 10.2. The summed E-state index contributed by atoms with van der Waals surface area (Å²) in [5.74, 6) is 1.52. The van der Waals surface area contributed by atoms with Gasteiger partial charge in [-0.25, -0.2) is 0 Å². The molecule has 0 spiro atoms. The molecule has 1 atom stereocenters. The highest BCUT2D eigenvalue weighted by Crippen LogP contribution is 2.28. The molecule has 94 valence electrons. The van der Waals surface area contributed by atoms with Gasteiger partial charge in [0.15, 0.2) is 0 Å². The van der Waals surface area contributed by atoms with Crippen molar-refractivity contribution in [3.05, 3.63) is 32.8 Å². The minimum Gasteiger partial charge on any atom is -0.379 e. The lowest BCUT2D eigenvalue weighted by molar-refractivity contribution is -0.384. The molecule has 0 amide bonds. The number of anilines is 1. The fourth-order valence-electron chi connectivity index (χ4n) is 1.43. The van der Waals surface area contributed by atoms with Crippen LogP contribution < -0.4 is 5.32 Å². The van der Waals surface area contributed by atoms with Crippen molar-refractivity contribution in [1.29, 1.82) is 0 Å². The summed E-state index contributed by atoms with van der Waals surface area (Å²) in [5, 5.41) is 14.0. The van der Waals surface area contributed by atoms with Crippen LogP contribution in [-0.2, 0) is 0 Å². The summed E-state index contributed by atoms with van der Waals surface area (Å²) in [4.78, 5) is 10.5. The first-order valence-electron chi connectivity index (χ1n) is 5.21. The van der Waals surface area contributed by atoms with Gasteiger partial charge in [-0.1, -0.05) is 22.9 Å². The summed E-state index contributed by atoms with van der Waals surface area (Å²) in [7, 11) is 0. The van der Waals surface area contributed by atoms with Gasteiger partial charge in [0.2, 0.25) is 0 Å². The van der Waals surface area contributed by atoms with Gasteiger partial charge >= 0.3 is 0 Å². The van der Waals surface area contributed by atoms with Crippen molar-refractivity contribution in [1.82, 2.24) is 0 Å². The molecule has 1 N–H and O–H groups in total. The van der Waals surface area contributed by atoms with Crippen LogP contribution in [-0.4, -0.2) is 23.5 Å². The summed E-state index contributed by atoms with van der Waals surface area (Å²) < 4.78 is 0.715. The molecule has 0 saturated carbocycles. The standard InChI is InChI=1S/C11H15BrN2O2S/c1-8(7-17-2)6-13-10-4-3-9(12)5-11(10)14(15)16/h3-5,8,13H,6-7H2,1-2H3. The highest BCUT2D eigenvalue weighted by Gasteiger charge is 2.14. The lowest BCUT2D eigenvalue weighted by Crippen LogP contribution is -2.14. The Bertz CT molecular complexity index is 401. The Hall–Kier alpha value is -0.750. The Balaban J connectivity index is 2.73. The number of nitro groups is 1. The maximum absolute atomic E-state index is 10.9. The van der Waals surface area contributed by atoms with Crippen molar-refractivity contribution in [2.75, 3.05) is 23.9 Å². The van der Waals surface area contributed by atoms with Gasteiger partial charge in [-0.2, -0.15) is 11.8 Å². The molecule has 0 aliphatic carbocycles. The summed E-state index contributed by atoms with van der Waals surface area (Å²) >= 11 is 5.01. The van der Waals surface area contributed by atoms with E-state index in [1.807, 2.05) is 0 Å². The lowest BCUT2D eigenvalue weighted by Gasteiger charge is -2.12. The van der Waals surface area contributed by atoms with Crippen molar-refractivity contribution in [2.45, 2.75) is 6.92 Å². The van der Waals surface area contributed by atoms with Crippen molar-refractivity contribution in [2.24, 2.45) is 5.92 Å². The summed E-state index contributed by atoms with van der Waals surface area (Å²) in [6.07, 6.45) is 2.05. The normalized spacial score (nSPS) is 12.2. The second kappa shape index (κ2) is 6.86. The van der Waals surface area contributed by atoms with Crippen molar-refractivity contribution in [3.8, 4) is 0 Å². The van der Waals surface area contributed by atoms with Crippen LogP contribution in [0.4, 0.5) is 11.4 Å². The van der Waals surface area contributed by atoms with Gasteiger partial charge in [0.1, 0.15) is 5.69 Å². The van der Waals surface area contributed by atoms with E-state index in [0.717, 1.165) is 12.3 Å². The summed E-state index contributed by atoms with van der Waals surface area (Å²) in [6.45, 7) is 2.86. The van der Waals surface area contributed by atoms with E-state index in [0.29, 0.717) is 16.1 Å². The van der Waals surface area contributed by atoms with Gasteiger partial charge in [-0.3, -0.25) is 10.1 Å². The van der Waals surface area contributed by atoms with Gasteiger partial charge in [0.25, 0.3) is 5.69 Å². The number of rotatable bonds is 6. The Morgan fingerprint density at radius 1 is 1.59 bits per heavy atom. The minimum absolute atomic E-state index is 0.107. The van der Waals surface area contributed by atoms with Crippen LogP contribution in [0.2, 0.25) is 0 Å². The van der Waals surface area contributed by atoms with Crippen LogP contribution in [0.3, 0.4) is 0 Å². The van der Waals surface area contributed by atoms with Gasteiger partial charge in [0, 0.05) is 17.1 Å². The van der Waals surface area contributed by atoms with Crippen molar-refractivity contribution < 1.29 is 4.92 Å². The zero-order valence-electron chi connectivity index (χ0n) is 9.77. The van der Waals surface area contributed by atoms with Crippen molar-refractivity contribution >= 4 is 39.1 Å². The molecule has 1 aromatic carbocycles. The summed E-state index contributed by atoms with van der Waals surface area (Å²) in [5.41, 5.74) is 0.682. The molecule has 0 aromatic heterocycles. The molecule has 1 unspecified atom stereocenters. The predicted octanol–water partition coefficient (Wildman–Crippen LogP) is 3.77. The molecule has 0 heterocycles. The predicted molar refractivity (Wildman–Crippen MR) is 76.8 cm³/mol. The maximum Gasteiger partial charge on any atom is 0.293 e. The number of hydrogen-bond acceptors (Lipinski definition) is 4. The zero-order valence-corrected chi connectivity index (χ0v) is 12.2. The average molecular weight is 319 g/mol. The Labute approximate surface area is 113 Å². The van der Waals surface area contributed by atoms with E-state index in [-0.39, 0.29) is 10.6 Å². The van der Waals surface area contributed by atoms with Gasteiger partial charge < -0.3 is 5.32 Å². The Morgan fingerprint density at radius 3 is 2.88 bits per heavy atom. The Kier molecular flexibility index (Phi) is 5.77. The molecule has 0 aliphatic rings. The number of benzene rings is 1. The average Bonchev–Trinajstić information content (AvgIpc) is 2.27. The van der Waals surface area contributed by atoms with Gasteiger partial charge in [-0.15, -0.1) is 0 Å². The number of thioether (sulfide) groups is 1. The number of nitrogens with one attached hydrogen (secondary N) is 1. The molecule has 0 aliphatic heterocycles.